The zero-order valence-corrected chi connectivity index (χ0v) is 9.61. The van der Waals surface area contributed by atoms with Gasteiger partial charge < -0.3 is 5.32 Å². The van der Waals surface area contributed by atoms with Crippen molar-refractivity contribution in [1.82, 2.24) is 4.98 Å². The Hall–Kier alpha value is -0.780. The summed E-state index contributed by atoms with van der Waals surface area (Å²) in [5.41, 5.74) is -0.753. The molecule has 1 aromatic rings. The van der Waals surface area contributed by atoms with Gasteiger partial charge in [-0.1, -0.05) is 6.92 Å². The number of anilines is 1. The lowest BCUT2D eigenvalue weighted by atomic mass is 10.3. The highest BCUT2D eigenvalue weighted by molar-refractivity contribution is 9.10. The maximum absolute atomic E-state index is 12.3. The molecule has 1 aromatic heterocycles. The lowest BCUT2D eigenvalue weighted by molar-refractivity contribution is -0.137. The number of aromatic nitrogens is 1. The summed E-state index contributed by atoms with van der Waals surface area (Å²) in [5, 5.41) is 2.92. The number of halogens is 4. The van der Waals surface area contributed by atoms with Gasteiger partial charge in [0.05, 0.1) is 10.0 Å². The molecule has 0 radical (unpaired) electrons. The monoisotopic (exact) mass is 282 g/mol. The van der Waals surface area contributed by atoms with Crippen LogP contribution in [0.2, 0.25) is 0 Å². The van der Waals surface area contributed by atoms with E-state index in [0.29, 0.717) is 16.8 Å². The van der Waals surface area contributed by atoms with E-state index in [-0.39, 0.29) is 0 Å². The van der Waals surface area contributed by atoms with Gasteiger partial charge in [0, 0.05) is 12.7 Å². The third-order valence-electron chi connectivity index (χ3n) is 1.71. The van der Waals surface area contributed by atoms with Crippen molar-refractivity contribution in [2.75, 3.05) is 11.9 Å². The van der Waals surface area contributed by atoms with Gasteiger partial charge >= 0.3 is 6.18 Å². The van der Waals surface area contributed by atoms with E-state index < -0.39 is 11.7 Å². The van der Waals surface area contributed by atoms with E-state index in [1.54, 1.807) is 0 Å². The van der Waals surface area contributed by atoms with Crippen LogP contribution >= 0.6 is 15.9 Å². The van der Waals surface area contributed by atoms with Crippen molar-refractivity contribution in [3.05, 3.63) is 22.3 Å². The summed E-state index contributed by atoms with van der Waals surface area (Å²) in [7, 11) is 0. The second-order valence-electron chi connectivity index (χ2n) is 2.98. The van der Waals surface area contributed by atoms with Gasteiger partial charge in [-0.05, 0) is 28.4 Å². The smallest absolute Gasteiger partial charge is 0.369 e. The Morgan fingerprint density at radius 1 is 1.47 bits per heavy atom. The summed E-state index contributed by atoms with van der Waals surface area (Å²) in [6, 6.07) is 1.02. The molecule has 0 atom stereocenters. The number of rotatable bonds is 3. The van der Waals surface area contributed by atoms with Crippen LogP contribution < -0.4 is 5.32 Å². The van der Waals surface area contributed by atoms with Gasteiger partial charge in [0.25, 0.3) is 0 Å². The van der Waals surface area contributed by atoms with Crippen LogP contribution in [0.3, 0.4) is 0 Å². The number of pyridine rings is 1. The van der Waals surface area contributed by atoms with Crippen molar-refractivity contribution >= 4 is 21.7 Å². The normalized spacial score (nSPS) is 11.5. The first-order chi connectivity index (χ1) is 6.95. The van der Waals surface area contributed by atoms with E-state index in [0.717, 1.165) is 18.7 Å². The van der Waals surface area contributed by atoms with E-state index in [1.165, 1.54) is 0 Å². The highest BCUT2D eigenvalue weighted by Gasteiger charge is 2.31. The fourth-order valence-electron chi connectivity index (χ4n) is 0.966. The zero-order valence-electron chi connectivity index (χ0n) is 8.03. The second-order valence-corrected chi connectivity index (χ2v) is 3.83. The molecule has 0 amide bonds. The fraction of sp³-hybridized carbons (Fsp3) is 0.444. The minimum Gasteiger partial charge on any atom is -0.369 e. The summed E-state index contributed by atoms with van der Waals surface area (Å²) in [6.45, 7) is 2.64. The predicted octanol–water partition coefficient (Wildman–Crippen LogP) is 3.68. The SMILES string of the molecule is CCCNc1ncc(C(F)(F)F)cc1Br. The summed E-state index contributed by atoms with van der Waals surface area (Å²) >= 11 is 3.04. The van der Waals surface area contributed by atoms with Gasteiger partial charge in [-0.15, -0.1) is 0 Å². The Labute approximate surface area is 94.0 Å². The van der Waals surface area contributed by atoms with Crippen LogP contribution in [-0.2, 0) is 6.18 Å². The molecule has 0 aromatic carbocycles. The topological polar surface area (TPSA) is 24.9 Å². The Morgan fingerprint density at radius 2 is 2.13 bits per heavy atom. The number of hydrogen-bond donors (Lipinski definition) is 1. The third-order valence-corrected chi connectivity index (χ3v) is 2.32. The standard InChI is InChI=1S/C9H10BrF3N2/c1-2-3-14-8-7(10)4-6(5-15-8)9(11,12)13/h4-5H,2-3H2,1H3,(H,14,15). The van der Waals surface area contributed by atoms with Crippen LogP contribution in [0.4, 0.5) is 19.0 Å². The van der Waals surface area contributed by atoms with Crippen molar-refractivity contribution in [1.29, 1.82) is 0 Å². The largest absolute Gasteiger partial charge is 0.417 e. The molecule has 2 nitrogen and oxygen atoms in total. The average molecular weight is 283 g/mol. The lowest BCUT2D eigenvalue weighted by Gasteiger charge is -2.10. The lowest BCUT2D eigenvalue weighted by Crippen LogP contribution is -2.08. The molecule has 1 N–H and O–H groups in total. The highest BCUT2D eigenvalue weighted by atomic mass is 79.9. The molecule has 84 valence electrons. The molecule has 6 heteroatoms. The van der Waals surface area contributed by atoms with Crippen molar-refractivity contribution in [3.8, 4) is 0 Å². The van der Waals surface area contributed by atoms with Crippen LogP contribution in [0.5, 0.6) is 0 Å². The van der Waals surface area contributed by atoms with Gasteiger partial charge in [0.1, 0.15) is 5.82 Å². The second kappa shape index (κ2) is 4.83. The van der Waals surface area contributed by atoms with Gasteiger partial charge in [-0.2, -0.15) is 13.2 Å². The number of nitrogens with zero attached hydrogens (tertiary/aromatic N) is 1. The van der Waals surface area contributed by atoms with Crippen molar-refractivity contribution < 1.29 is 13.2 Å². The van der Waals surface area contributed by atoms with Gasteiger partial charge in [-0.25, -0.2) is 4.98 Å². The van der Waals surface area contributed by atoms with Gasteiger partial charge in [-0.3, -0.25) is 0 Å². The molecule has 0 spiro atoms. The quantitative estimate of drug-likeness (QED) is 0.915. The van der Waals surface area contributed by atoms with Crippen molar-refractivity contribution in [2.24, 2.45) is 0 Å². The molecule has 0 saturated heterocycles. The average Bonchev–Trinajstić information content (AvgIpc) is 2.14. The molecule has 15 heavy (non-hydrogen) atoms. The highest BCUT2D eigenvalue weighted by Crippen LogP contribution is 2.32. The Balaban J connectivity index is 2.88. The molecule has 0 aliphatic carbocycles. The maximum Gasteiger partial charge on any atom is 0.417 e. The third kappa shape index (κ3) is 3.37. The van der Waals surface area contributed by atoms with E-state index in [4.69, 9.17) is 0 Å². The van der Waals surface area contributed by atoms with E-state index in [2.05, 4.69) is 26.2 Å². The first-order valence-corrected chi connectivity index (χ1v) is 5.21. The minimum atomic E-state index is -4.35. The van der Waals surface area contributed by atoms with Crippen LogP contribution in [0, 0.1) is 0 Å². The fourth-order valence-corrected chi connectivity index (χ4v) is 1.46. The van der Waals surface area contributed by atoms with Crippen molar-refractivity contribution in [3.63, 3.8) is 0 Å². The van der Waals surface area contributed by atoms with Crippen LogP contribution in [0.25, 0.3) is 0 Å². The zero-order chi connectivity index (χ0) is 11.5. The number of alkyl halides is 3. The minimum absolute atomic E-state index is 0.325. The van der Waals surface area contributed by atoms with Crippen molar-refractivity contribution in [2.45, 2.75) is 19.5 Å². The predicted molar refractivity (Wildman–Crippen MR) is 55.7 cm³/mol. The van der Waals surface area contributed by atoms with Gasteiger partial charge in [0.2, 0.25) is 0 Å². The Kier molecular flexibility index (Phi) is 3.96. The molecule has 0 saturated carbocycles. The number of nitrogens with one attached hydrogen (secondary N) is 1. The van der Waals surface area contributed by atoms with Crippen LogP contribution in [0.15, 0.2) is 16.7 Å². The molecule has 0 aliphatic heterocycles. The first kappa shape index (κ1) is 12.3. The molecule has 1 rings (SSSR count). The summed E-state index contributed by atoms with van der Waals surface area (Å²) in [5.74, 6) is 0.435. The number of hydrogen-bond acceptors (Lipinski definition) is 2. The molecule has 0 bridgehead atoms. The summed E-state index contributed by atoms with van der Waals surface area (Å²) in [4.78, 5) is 3.70. The maximum atomic E-state index is 12.3. The Bertz CT molecular complexity index is 339. The van der Waals surface area contributed by atoms with Crippen LogP contribution in [-0.4, -0.2) is 11.5 Å². The van der Waals surface area contributed by atoms with E-state index >= 15 is 0 Å². The molecular weight excluding hydrogens is 273 g/mol. The van der Waals surface area contributed by atoms with Gasteiger partial charge in [0.15, 0.2) is 0 Å². The van der Waals surface area contributed by atoms with E-state index in [9.17, 15) is 13.2 Å². The van der Waals surface area contributed by atoms with E-state index in [1.807, 2.05) is 6.92 Å². The molecular formula is C9H10BrF3N2. The molecule has 0 unspecified atom stereocenters. The molecule has 0 fully saturated rings. The molecule has 0 aliphatic rings. The molecule has 1 heterocycles. The Morgan fingerprint density at radius 3 is 2.60 bits per heavy atom. The first-order valence-electron chi connectivity index (χ1n) is 4.41. The summed E-state index contributed by atoms with van der Waals surface area (Å²) in [6.07, 6.45) is -2.64. The summed E-state index contributed by atoms with van der Waals surface area (Å²) < 4.78 is 37.1. The van der Waals surface area contributed by atoms with Crippen LogP contribution in [0.1, 0.15) is 18.9 Å².